The lowest BCUT2D eigenvalue weighted by Crippen LogP contribution is -2.62. The van der Waals surface area contributed by atoms with Crippen molar-refractivity contribution in [1.29, 1.82) is 0 Å². The maximum absolute atomic E-state index is 12.3. The van der Waals surface area contributed by atoms with E-state index in [4.69, 9.17) is 5.11 Å². The van der Waals surface area contributed by atoms with Crippen molar-refractivity contribution in [2.24, 2.45) is 0 Å². The lowest BCUT2D eigenvalue weighted by atomic mass is 9.99. The van der Waals surface area contributed by atoms with Crippen LogP contribution in [0.25, 0.3) is 0 Å². The number of nitrogens with zero attached hydrogens (tertiary/aromatic N) is 2. The summed E-state index contributed by atoms with van der Waals surface area (Å²) in [5, 5.41) is 8.96. The molecule has 2 aliphatic rings. The summed E-state index contributed by atoms with van der Waals surface area (Å²) in [5.41, 5.74) is 2.24. The Morgan fingerprint density at radius 1 is 1.20 bits per heavy atom. The molecule has 1 atom stereocenters. The largest absolute Gasteiger partial charge is 0.480 e. The molecule has 6 nitrogen and oxygen atoms in total. The molecule has 3 amide bonds. The summed E-state index contributed by atoms with van der Waals surface area (Å²) in [6, 6.07) is 6.32. The Labute approximate surface area is 115 Å². The van der Waals surface area contributed by atoms with Crippen LogP contribution in [-0.2, 0) is 22.6 Å². The summed E-state index contributed by atoms with van der Waals surface area (Å²) >= 11 is 0. The van der Waals surface area contributed by atoms with Gasteiger partial charge in [-0.2, -0.15) is 0 Å². The number of carboxylic acids is 1. The van der Waals surface area contributed by atoms with Crippen LogP contribution in [0.2, 0.25) is 0 Å². The van der Waals surface area contributed by atoms with E-state index in [1.165, 1.54) is 10.5 Å². The van der Waals surface area contributed by atoms with Gasteiger partial charge in [0.1, 0.15) is 6.04 Å². The lowest BCUT2D eigenvalue weighted by molar-refractivity contribution is -0.158. The second-order valence-corrected chi connectivity index (χ2v) is 5.04. The third kappa shape index (κ3) is 1.93. The van der Waals surface area contributed by atoms with Gasteiger partial charge in [-0.15, -0.1) is 0 Å². The average molecular weight is 274 g/mol. The fraction of sp³-hybridized carbons (Fsp3) is 0.357. The van der Waals surface area contributed by atoms with Crippen LogP contribution >= 0.6 is 0 Å². The van der Waals surface area contributed by atoms with Crippen molar-refractivity contribution < 1.29 is 19.5 Å². The molecular formula is C14H14N2O4. The minimum Gasteiger partial charge on any atom is -0.480 e. The molecule has 0 aliphatic carbocycles. The topological polar surface area (TPSA) is 77.9 Å². The number of imide groups is 1. The van der Waals surface area contributed by atoms with E-state index >= 15 is 0 Å². The molecule has 1 saturated heterocycles. The molecule has 0 aromatic heterocycles. The van der Waals surface area contributed by atoms with Gasteiger partial charge in [0.15, 0.2) is 0 Å². The third-order valence-electron chi connectivity index (χ3n) is 3.84. The van der Waals surface area contributed by atoms with E-state index in [1.807, 2.05) is 24.3 Å². The van der Waals surface area contributed by atoms with Crippen molar-refractivity contribution in [3.8, 4) is 0 Å². The van der Waals surface area contributed by atoms with Gasteiger partial charge >= 0.3 is 12.0 Å². The normalized spacial score (nSPS) is 21.2. The molecule has 1 N–H and O–H groups in total. The van der Waals surface area contributed by atoms with Gasteiger partial charge in [-0.25, -0.2) is 14.5 Å². The van der Waals surface area contributed by atoms with Gasteiger partial charge < -0.3 is 10.0 Å². The van der Waals surface area contributed by atoms with Gasteiger partial charge in [-0.3, -0.25) is 4.79 Å². The number of carbonyl (C=O) groups excluding carboxylic acids is 2. The summed E-state index contributed by atoms with van der Waals surface area (Å²) < 4.78 is 0. The smallest absolute Gasteiger partial charge is 0.327 e. The highest BCUT2D eigenvalue weighted by Gasteiger charge is 2.47. The van der Waals surface area contributed by atoms with E-state index in [0.717, 1.165) is 16.9 Å². The first-order chi connectivity index (χ1) is 9.58. The zero-order valence-electron chi connectivity index (χ0n) is 10.8. The molecule has 20 heavy (non-hydrogen) atoms. The third-order valence-corrected chi connectivity index (χ3v) is 3.84. The number of rotatable bonds is 1. The SMILES string of the molecule is O=C(O)[C@@H]1CC(=O)N1C(=O)N1CCc2ccccc2C1. The minimum absolute atomic E-state index is 0.0918. The molecular weight excluding hydrogens is 260 g/mol. The Morgan fingerprint density at radius 2 is 1.90 bits per heavy atom. The van der Waals surface area contributed by atoms with Gasteiger partial charge in [-0.1, -0.05) is 24.3 Å². The molecule has 104 valence electrons. The molecule has 0 spiro atoms. The van der Waals surface area contributed by atoms with E-state index in [-0.39, 0.29) is 6.42 Å². The standard InChI is InChI=1S/C14H14N2O4/c17-12-7-11(13(18)19)16(12)14(20)15-6-5-9-3-1-2-4-10(9)8-15/h1-4,11H,5-8H2,(H,18,19)/t11-/m0/s1. The molecule has 2 aliphatic heterocycles. The maximum Gasteiger partial charge on any atom is 0.327 e. The molecule has 1 aromatic rings. The number of urea groups is 1. The van der Waals surface area contributed by atoms with Crippen molar-refractivity contribution in [2.45, 2.75) is 25.4 Å². The van der Waals surface area contributed by atoms with E-state index in [9.17, 15) is 14.4 Å². The Morgan fingerprint density at radius 3 is 2.55 bits per heavy atom. The number of hydrogen-bond acceptors (Lipinski definition) is 3. The summed E-state index contributed by atoms with van der Waals surface area (Å²) in [6.07, 6.45) is 0.632. The number of β-lactam (4-membered cyclic amide) rings is 1. The van der Waals surface area contributed by atoms with Crippen molar-refractivity contribution in [3.05, 3.63) is 35.4 Å². The lowest BCUT2D eigenvalue weighted by Gasteiger charge is -2.40. The Balaban J connectivity index is 1.76. The molecule has 0 saturated carbocycles. The van der Waals surface area contributed by atoms with Gasteiger partial charge in [-0.05, 0) is 17.5 Å². The highest BCUT2D eigenvalue weighted by Crippen LogP contribution is 2.25. The molecule has 6 heteroatoms. The van der Waals surface area contributed by atoms with Crippen LogP contribution in [0, 0.1) is 0 Å². The molecule has 2 heterocycles. The molecule has 3 rings (SSSR count). The fourth-order valence-electron chi connectivity index (χ4n) is 2.67. The number of hydrogen-bond donors (Lipinski definition) is 1. The Hall–Kier alpha value is -2.37. The van der Waals surface area contributed by atoms with Gasteiger partial charge in [0.2, 0.25) is 5.91 Å². The number of amides is 3. The summed E-state index contributed by atoms with van der Waals surface area (Å²) in [7, 11) is 0. The first-order valence-electron chi connectivity index (χ1n) is 6.48. The van der Waals surface area contributed by atoms with E-state index in [1.54, 1.807) is 0 Å². The van der Waals surface area contributed by atoms with Crippen LogP contribution in [0.5, 0.6) is 0 Å². The predicted molar refractivity (Wildman–Crippen MR) is 68.8 cm³/mol. The van der Waals surface area contributed by atoms with Crippen LogP contribution in [0.15, 0.2) is 24.3 Å². The van der Waals surface area contributed by atoms with Crippen LogP contribution in [0.3, 0.4) is 0 Å². The van der Waals surface area contributed by atoms with Crippen LogP contribution in [0.1, 0.15) is 17.5 Å². The summed E-state index contributed by atoms with van der Waals surface area (Å²) in [6.45, 7) is 0.928. The van der Waals surface area contributed by atoms with Crippen molar-refractivity contribution in [1.82, 2.24) is 9.80 Å². The highest BCUT2D eigenvalue weighted by atomic mass is 16.4. The zero-order valence-corrected chi connectivity index (χ0v) is 10.8. The number of carbonyl (C=O) groups is 3. The number of aliphatic carboxylic acids is 1. The summed E-state index contributed by atoms with van der Waals surface area (Å²) in [5.74, 6) is -1.54. The summed E-state index contributed by atoms with van der Waals surface area (Å²) in [4.78, 5) is 37.1. The second kappa shape index (κ2) is 4.63. The number of likely N-dealkylation sites (tertiary alicyclic amines) is 1. The quantitative estimate of drug-likeness (QED) is 0.770. The predicted octanol–water partition coefficient (Wildman–Crippen LogP) is 0.850. The monoisotopic (exact) mass is 274 g/mol. The minimum atomic E-state index is -1.13. The maximum atomic E-state index is 12.3. The first-order valence-corrected chi connectivity index (χ1v) is 6.48. The van der Waals surface area contributed by atoms with Crippen molar-refractivity contribution >= 4 is 17.9 Å². The zero-order chi connectivity index (χ0) is 14.3. The molecule has 0 bridgehead atoms. The molecule has 1 fully saturated rings. The number of benzene rings is 1. The Bertz CT molecular complexity index is 599. The average Bonchev–Trinajstić information content (AvgIpc) is 2.43. The second-order valence-electron chi connectivity index (χ2n) is 5.04. The van der Waals surface area contributed by atoms with Crippen LogP contribution < -0.4 is 0 Å². The van der Waals surface area contributed by atoms with Crippen LogP contribution in [0.4, 0.5) is 4.79 Å². The number of fused-ring (bicyclic) bond motifs is 1. The van der Waals surface area contributed by atoms with Gasteiger partial charge in [0.05, 0.1) is 6.42 Å². The fourth-order valence-corrected chi connectivity index (χ4v) is 2.67. The van der Waals surface area contributed by atoms with E-state index < -0.39 is 23.9 Å². The molecule has 1 aromatic carbocycles. The Kier molecular flexibility index (Phi) is 2.93. The molecule has 0 unspecified atom stereocenters. The van der Waals surface area contributed by atoms with Gasteiger partial charge in [0, 0.05) is 13.1 Å². The highest BCUT2D eigenvalue weighted by molar-refractivity contribution is 6.05. The first kappa shape index (κ1) is 12.7. The van der Waals surface area contributed by atoms with E-state index in [2.05, 4.69) is 0 Å². The van der Waals surface area contributed by atoms with Crippen molar-refractivity contribution in [2.75, 3.05) is 6.54 Å². The van der Waals surface area contributed by atoms with Crippen LogP contribution in [-0.4, -0.2) is 45.4 Å². The molecule has 0 radical (unpaired) electrons. The van der Waals surface area contributed by atoms with Gasteiger partial charge in [0.25, 0.3) is 0 Å². The van der Waals surface area contributed by atoms with E-state index in [0.29, 0.717) is 13.1 Å². The van der Waals surface area contributed by atoms with Crippen molar-refractivity contribution in [3.63, 3.8) is 0 Å². The number of carboxylic acid groups (broad SMARTS) is 1.